The van der Waals surface area contributed by atoms with Gasteiger partial charge in [-0.25, -0.2) is 23.1 Å². The van der Waals surface area contributed by atoms with Gasteiger partial charge in [0.25, 0.3) is 12.3 Å². The van der Waals surface area contributed by atoms with Crippen molar-refractivity contribution in [2.24, 2.45) is 0 Å². The van der Waals surface area contributed by atoms with Gasteiger partial charge in [0.1, 0.15) is 5.82 Å². The smallest absolute Gasteiger partial charge is 0.264 e. The largest absolute Gasteiger partial charge is 0.375 e. The number of carbonyl (C=O) groups is 1. The van der Waals surface area contributed by atoms with Gasteiger partial charge in [-0.1, -0.05) is 0 Å². The van der Waals surface area contributed by atoms with Crippen LogP contribution in [0.1, 0.15) is 43.1 Å². The Morgan fingerprint density at radius 3 is 2.40 bits per heavy atom. The molecule has 0 radical (unpaired) electrons. The van der Waals surface area contributed by atoms with Crippen molar-refractivity contribution in [2.45, 2.75) is 45.4 Å². The summed E-state index contributed by atoms with van der Waals surface area (Å²) in [7, 11) is 2.02. The van der Waals surface area contributed by atoms with Gasteiger partial charge >= 0.3 is 0 Å². The minimum atomic E-state index is -3.04. The zero-order valence-corrected chi connectivity index (χ0v) is 23.9. The van der Waals surface area contributed by atoms with Gasteiger partial charge in [-0.15, -0.1) is 0 Å². The summed E-state index contributed by atoms with van der Waals surface area (Å²) in [6.07, 6.45) is 0.987. The van der Waals surface area contributed by atoms with Crippen LogP contribution < -0.4 is 20.7 Å². The first-order chi connectivity index (χ1) is 20.0. The number of pyridine rings is 1. The van der Waals surface area contributed by atoms with Crippen molar-refractivity contribution in [3.05, 3.63) is 64.1 Å². The van der Waals surface area contributed by atoms with Crippen LogP contribution in [0.3, 0.4) is 0 Å². The third-order valence-electron chi connectivity index (χ3n) is 7.94. The molecule has 2 fully saturated rings. The number of alkyl halides is 2. The molecule has 0 bridgehead atoms. The zero-order valence-electron chi connectivity index (χ0n) is 23.9. The van der Waals surface area contributed by atoms with E-state index in [1.165, 1.54) is 24.5 Å². The fraction of sp³-hybridized carbons (Fsp3) is 0.448. The van der Waals surface area contributed by atoms with Crippen LogP contribution in [0.5, 0.6) is 0 Å². The lowest BCUT2D eigenvalue weighted by Crippen LogP contribution is -2.55. The molecule has 13 heteroatoms. The lowest BCUT2D eigenvalue weighted by Gasteiger charge is -2.44. The number of morpholine rings is 1. The summed E-state index contributed by atoms with van der Waals surface area (Å²) in [6.45, 7) is 8.99. The average Bonchev–Trinajstić information content (AvgIpc) is 2.96. The molecule has 2 aliphatic rings. The average molecular weight is 586 g/mol. The SMILES string of the molecule is CC1CN(c2ncc(-c3cc(NC(=O)c4c[nH]c(=O)cc4C(F)F)c(N4CC(C)N(C)C(C)C4)cc3F)cn2)CCO1. The number of likely N-dealkylation sites (N-methyl/N-ethyl adjacent to an activating group) is 1. The van der Waals surface area contributed by atoms with Crippen LogP contribution in [0, 0.1) is 5.82 Å². The van der Waals surface area contributed by atoms with Crippen LogP contribution in [-0.4, -0.2) is 83.8 Å². The van der Waals surface area contributed by atoms with Crippen molar-refractivity contribution in [3.8, 4) is 11.1 Å². The quantitative estimate of drug-likeness (QED) is 0.449. The second kappa shape index (κ2) is 12.1. The third-order valence-corrected chi connectivity index (χ3v) is 7.94. The summed E-state index contributed by atoms with van der Waals surface area (Å²) in [4.78, 5) is 42.3. The molecular formula is C29H34F3N7O3. The highest BCUT2D eigenvalue weighted by Gasteiger charge is 2.30. The monoisotopic (exact) mass is 585 g/mol. The zero-order chi connectivity index (χ0) is 30.1. The molecule has 5 rings (SSSR count). The van der Waals surface area contributed by atoms with Crippen LogP contribution in [-0.2, 0) is 4.74 Å². The number of halogens is 3. The minimum Gasteiger partial charge on any atom is -0.375 e. The van der Waals surface area contributed by atoms with Gasteiger partial charge in [0.15, 0.2) is 0 Å². The molecule has 1 aromatic carbocycles. The Bertz CT molecular complexity index is 1490. The molecule has 0 spiro atoms. The Balaban J connectivity index is 1.53. The van der Waals surface area contributed by atoms with Gasteiger partial charge in [-0.05, 0) is 40.0 Å². The van der Waals surface area contributed by atoms with E-state index < -0.39 is 29.3 Å². The van der Waals surface area contributed by atoms with E-state index in [0.717, 1.165) is 6.20 Å². The van der Waals surface area contributed by atoms with E-state index >= 15 is 4.39 Å². The maximum Gasteiger partial charge on any atom is 0.264 e. The lowest BCUT2D eigenvalue weighted by molar-refractivity contribution is 0.0526. The van der Waals surface area contributed by atoms with Gasteiger partial charge in [0.05, 0.1) is 29.6 Å². The summed E-state index contributed by atoms with van der Waals surface area (Å²) < 4.78 is 48.7. The third kappa shape index (κ3) is 6.12. The fourth-order valence-electron chi connectivity index (χ4n) is 5.42. The van der Waals surface area contributed by atoms with Gasteiger partial charge in [0.2, 0.25) is 11.5 Å². The molecule has 3 unspecified atom stereocenters. The number of amides is 1. The Morgan fingerprint density at radius 1 is 1.07 bits per heavy atom. The maximum atomic E-state index is 15.8. The number of anilines is 3. The number of hydrogen-bond donors (Lipinski definition) is 2. The molecule has 3 atom stereocenters. The predicted molar refractivity (Wildman–Crippen MR) is 154 cm³/mol. The molecule has 0 aliphatic carbocycles. The molecule has 0 saturated carbocycles. The normalized spacial score (nSPS) is 21.6. The fourth-order valence-corrected chi connectivity index (χ4v) is 5.42. The first-order valence-electron chi connectivity index (χ1n) is 13.8. The number of nitrogens with one attached hydrogen (secondary N) is 2. The van der Waals surface area contributed by atoms with Crippen molar-refractivity contribution in [1.29, 1.82) is 0 Å². The Morgan fingerprint density at radius 2 is 1.76 bits per heavy atom. The minimum absolute atomic E-state index is 0.0335. The van der Waals surface area contributed by atoms with E-state index in [9.17, 15) is 18.4 Å². The standard InChI is InChI=1S/C29H34F3N7O3/c1-16-13-39(14-17(2)37(16)4)25-9-23(30)20(19-10-34-29(35-11-19)38-5-6-42-18(3)15-38)7-24(25)36-28(41)22-12-33-26(40)8-21(22)27(31)32/h7-12,16-18,27H,5-6,13-15H2,1-4H3,(H,33,40)(H,36,41). The number of hydrogen-bond acceptors (Lipinski definition) is 8. The number of H-pyrrole nitrogens is 1. The molecular weight excluding hydrogens is 551 g/mol. The van der Waals surface area contributed by atoms with E-state index in [2.05, 4.69) is 39.0 Å². The second-order valence-corrected chi connectivity index (χ2v) is 10.9. The number of nitrogens with zero attached hydrogens (tertiary/aromatic N) is 5. The summed E-state index contributed by atoms with van der Waals surface area (Å²) in [6, 6.07) is 3.78. The van der Waals surface area contributed by atoms with Crippen LogP contribution in [0.2, 0.25) is 0 Å². The van der Waals surface area contributed by atoms with Crippen molar-refractivity contribution in [3.63, 3.8) is 0 Å². The molecule has 2 aromatic heterocycles. The van der Waals surface area contributed by atoms with Crippen LogP contribution in [0.25, 0.3) is 11.1 Å². The Hall–Kier alpha value is -3.97. The van der Waals surface area contributed by atoms with Crippen LogP contribution in [0.15, 0.2) is 41.6 Å². The molecule has 2 saturated heterocycles. The van der Waals surface area contributed by atoms with Gasteiger partial charge < -0.3 is 24.8 Å². The van der Waals surface area contributed by atoms with E-state index in [0.29, 0.717) is 56.1 Å². The summed E-state index contributed by atoms with van der Waals surface area (Å²) >= 11 is 0. The van der Waals surface area contributed by atoms with Crippen molar-refractivity contribution in [1.82, 2.24) is 19.9 Å². The number of rotatable bonds is 6. The molecule has 42 heavy (non-hydrogen) atoms. The Labute approximate surface area is 241 Å². The first-order valence-corrected chi connectivity index (χ1v) is 13.8. The number of piperazine rings is 1. The Kier molecular flexibility index (Phi) is 8.50. The molecule has 1 amide bonds. The van der Waals surface area contributed by atoms with Crippen LogP contribution in [0.4, 0.5) is 30.5 Å². The van der Waals surface area contributed by atoms with Gasteiger partial charge in [-0.3, -0.25) is 14.5 Å². The number of aromatic nitrogens is 3. The highest BCUT2D eigenvalue weighted by atomic mass is 19.3. The highest BCUT2D eigenvalue weighted by molar-refractivity contribution is 6.07. The topological polar surface area (TPSA) is 107 Å². The van der Waals surface area contributed by atoms with Crippen LogP contribution >= 0.6 is 0 Å². The molecule has 2 aliphatic heterocycles. The maximum absolute atomic E-state index is 15.8. The van der Waals surface area contributed by atoms with E-state index in [1.807, 2.05) is 23.8 Å². The van der Waals surface area contributed by atoms with E-state index in [-0.39, 0.29) is 35.0 Å². The lowest BCUT2D eigenvalue weighted by atomic mass is 10.0. The highest BCUT2D eigenvalue weighted by Crippen LogP contribution is 2.36. The van der Waals surface area contributed by atoms with Gasteiger partial charge in [0, 0.05) is 79.6 Å². The summed E-state index contributed by atoms with van der Waals surface area (Å²) in [5.41, 5.74) is -0.643. The molecule has 10 nitrogen and oxygen atoms in total. The van der Waals surface area contributed by atoms with Crippen molar-refractivity contribution >= 4 is 23.2 Å². The second-order valence-electron chi connectivity index (χ2n) is 10.9. The number of aromatic amines is 1. The number of benzene rings is 1. The molecule has 4 heterocycles. The molecule has 224 valence electrons. The van der Waals surface area contributed by atoms with Gasteiger partial charge in [-0.2, -0.15) is 0 Å². The summed E-state index contributed by atoms with van der Waals surface area (Å²) in [5, 5.41) is 2.71. The van der Waals surface area contributed by atoms with Crippen molar-refractivity contribution < 1.29 is 22.7 Å². The first kappa shape index (κ1) is 29.5. The molecule has 2 N–H and O–H groups in total. The number of carbonyl (C=O) groups excluding carboxylic acids is 1. The van der Waals surface area contributed by atoms with Crippen molar-refractivity contribution in [2.75, 3.05) is 55.0 Å². The van der Waals surface area contributed by atoms with E-state index in [1.54, 1.807) is 0 Å². The number of ether oxygens (including phenoxy) is 1. The summed E-state index contributed by atoms with van der Waals surface area (Å²) in [5.74, 6) is -0.906. The predicted octanol–water partition coefficient (Wildman–Crippen LogP) is 3.91. The van der Waals surface area contributed by atoms with E-state index in [4.69, 9.17) is 4.74 Å². The molecule has 3 aromatic rings.